The van der Waals surface area contributed by atoms with Gasteiger partial charge in [0.25, 0.3) is 0 Å². The van der Waals surface area contributed by atoms with Gasteiger partial charge in [-0.1, -0.05) is 37.0 Å². The van der Waals surface area contributed by atoms with Crippen LogP contribution in [0.1, 0.15) is 20.3 Å². The fourth-order valence-corrected chi connectivity index (χ4v) is 1.73. The number of nitrogen functional groups attached to an aromatic ring is 1. The molecule has 0 fully saturated rings. The minimum atomic E-state index is 0.466. The third-order valence-electron chi connectivity index (χ3n) is 2.49. The lowest BCUT2D eigenvalue weighted by Gasteiger charge is -2.11. The molecule has 0 amide bonds. The number of anilines is 2. The van der Waals surface area contributed by atoms with E-state index in [9.17, 15) is 0 Å². The molecule has 0 bridgehead atoms. The van der Waals surface area contributed by atoms with Crippen LogP contribution in [0.4, 0.5) is 11.4 Å². The number of benzene rings is 1. The summed E-state index contributed by atoms with van der Waals surface area (Å²) in [5, 5.41) is 4.14. The second-order valence-electron chi connectivity index (χ2n) is 4.58. The second-order valence-corrected chi connectivity index (χ2v) is 5.39. The highest BCUT2D eigenvalue weighted by Gasteiger charge is 2.04. The Hall–Kier alpha value is -0.640. The molecule has 0 aliphatic carbocycles. The Labute approximate surface area is 119 Å². The van der Waals surface area contributed by atoms with Crippen molar-refractivity contribution in [2.45, 2.75) is 20.3 Å². The van der Waals surface area contributed by atoms with E-state index in [2.05, 4.69) is 19.2 Å². The van der Waals surface area contributed by atoms with E-state index in [1.807, 2.05) is 0 Å². The maximum Gasteiger partial charge on any atom is 0.0639 e. The molecule has 5 heteroatoms. The zero-order valence-electron chi connectivity index (χ0n) is 10.8. The normalized spacial score (nSPS) is 10.9. The molecule has 3 N–H and O–H groups in total. The van der Waals surface area contributed by atoms with Gasteiger partial charge in [-0.25, -0.2) is 0 Å². The van der Waals surface area contributed by atoms with Crippen molar-refractivity contribution in [2.75, 3.05) is 30.8 Å². The van der Waals surface area contributed by atoms with Gasteiger partial charge in [0.15, 0.2) is 0 Å². The standard InChI is InChI=1S/C13H20Cl2N2O/c1-9(2)3-5-18-6-4-17-13-8-11(15)10(14)7-12(13)16/h7-9,17H,3-6,16H2,1-2H3. The predicted octanol–water partition coefficient (Wildman–Crippen LogP) is 4.05. The molecule has 0 aliphatic heterocycles. The molecule has 102 valence electrons. The van der Waals surface area contributed by atoms with E-state index >= 15 is 0 Å². The summed E-state index contributed by atoms with van der Waals surface area (Å²) in [5.74, 6) is 0.670. The first-order valence-electron chi connectivity index (χ1n) is 6.07. The van der Waals surface area contributed by atoms with Crippen LogP contribution in [0.15, 0.2) is 12.1 Å². The van der Waals surface area contributed by atoms with Gasteiger partial charge in [-0.2, -0.15) is 0 Å². The van der Waals surface area contributed by atoms with Crippen molar-refractivity contribution < 1.29 is 4.74 Å². The van der Waals surface area contributed by atoms with E-state index < -0.39 is 0 Å². The molecule has 1 aromatic carbocycles. The van der Waals surface area contributed by atoms with Crippen molar-refractivity contribution in [1.29, 1.82) is 0 Å². The summed E-state index contributed by atoms with van der Waals surface area (Å²) in [6, 6.07) is 3.37. The van der Waals surface area contributed by atoms with Crippen molar-refractivity contribution >= 4 is 34.6 Å². The van der Waals surface area contributed by atoms with Crippen LogP contribution in [-0.2, 0) is 4.74 Å². The van der Waals surface area contributed by atoms with Crippen molar-refractivity contribution in [3.63, 3.8) is 0 Å². The monoisotopic (exact) mass is 290 g/mol. The van der Waals surface area contributed by atoms with Gasteiger partial charge in [0.05, 0.1) is 28.0 Å². The average molecular weight is 291 g/mol. The van der Waals surface area contributed by atoms with Crippen LogP contribution in [0.25, 0.3) is 0 Å². The number of nitrogens with two attached hydrogens (primary N) is 1. The smallest absolute Gasteiger partial charge is 0.0639 e. The summed E-state index contributed by atoms with van der Waals surface area (Å²) in [7, 11) is 0. The fraction of sp³-hybridized carbons (Fsp3) is 0.538. The number of hydrogen-bond donors (Lipinski definition) is 2. The van der Waals surface area contributed by atoms with E-state index in [0.717, 1.165) is 18.7 Å². The summed E-state index contributed by atoms with van der Waals surface area (Å²) in [4.78, 5) is 0. The minimum Gasteiger partial charge on any atom is -0.397 e. The van der Waals surface area contributed by atoms with Gasteiger partial charge in [0, 0.05) is 13.2 Å². The van der Waals surface area contributed by atoms with Crippen LogP contribution >= 0.6 is 23.2 Å². The first kappa shape index (κ1) is 15.4. The lowest BCUT2D eigenvalue weighted by molar-refractivity contribution is 0.133. The summed E-state index contributed by atoms with van der Waals surface area (Å²) < 4.78 is 5.50. The van der Waals surface area contributed by atoms with Crippen molar-refractivity contribution in [1.82, 2.24) is 0 Å². The number of halogens is 2. The SMILES string of the molecule is CC(C)CCOCCNc1cc(Cl)c(Cl)cc1N. The van der Waals surface area contributed by atoms with E-state index in [1.165, 1.54) is 0 Å². The Bertz CT molecular complexity index is 383. The largest absolute Gasteiger partial charge is 0.397 e. The Morgan fingerprint density at radius 3 is 2.56 bits per heavy atom. The highest BCUT2D eigenvalue weighted by Crippen LogP contribution is 2.30. The third kappa shape index (κ3) is 5.34. The molecular formula is C13H20Cl2N2O. The summed E-state index contributed by atoms with van der Waals surface area (Å²) in [5.41, 5.74) is 7.20. The van der Waals surface area contributed by atoms with Crippen LogP contribution in [-0.4, -0.2) is 19.8 Å². The van der Waals surface area contributed by atoms with Gasteiger partial charge >= 0.3 is 0 Å². The molecule has 0 aromatic heterocycles. The molecule has 0 atom stereocenters. The first-order chi connectivity index (χ1) is 8.50. The fourth-order valence-electron chi connectivity index (χ4n) is 1.39. The van der Waals surface area contributed by atoms with Crippen molar-refractivity contribution in [3.05, 3.63) is 22.2 Å². The van der Waals surface area contributed by atoms with Gasteiger partial charge in [0.2, 0.25) is 0 Å². The van der Waals surface area contributed by atoms with Gasteiger partial charge in [-0.05, 0) is 24.5 Å². The number of nitrogens with one attached hydrogen (secondary N) is 1. The third-order valence-corrected chi connectivity index (χ3v) is 3.22. The van der Waals surface area contributed by atoms with Gasteiger partial charge in [-0.15, -0.1) is 0 Å². The van der Waals surface area contributed by atoms with E-state index in [4.69, 9.17) is 33.7 Å². The summed E-state index contributed by atoms with van der Waals surface area (Å²) in [6.45, 7) is 6.49. The van der Waals surface area contributed by atoms with Crippen LogP contribution < -0.4 is 11.1 Å². The van der Waals surface area contributed by atoms with Gasteiger partial charge in [0.1, 0.15) is 0 Å². The zero-order valence-corrected chi connectivity index (χ0v) is 12.3. The number of ether oxygens (including phenoxy) is 1. The van der Waals surface area contributed by atoms with E-state index in [-0.39, 0.29) is 0 Å². The van der Waals surface area contributed by atoms with Gasteiger partial charge < -0.3 is 15.8 Å². The first-order valence-corrected chi connectivity index (χ1v) is 6.82. The van der Waals surface area contributed by atoms with Crippen LogP contribution in [0.2, 0.25) is 10.0 Å². The molecule has 0 heterocycles. The molecule has 0 saturated heterocycles. The lowest BCUT2D eigenvalue weighted by Crippen LogP contribution is -2.11. The molecule has 18 heavy (non-hydrogen) atoms. The molecule has 0 unspecified atom stereocenters. The highest BCUT2D eigenvalue weighted by molar-refractivity contribution is 6.42. The predicted molar refractivity (Wildman–Crippen MR) is 79.6 cm³/mol. The van der Waals surface area contributed by atoms with E-state index in [1.54, 1.807) is 12.1 Å². The molecule has 1 aromatic rings. The summed E-state index contributed by atoms with van der Waals surface area (Å²) in [6.07, 6.45) is 1.08. The molecule has 0 radical (unpaired) electrons. The molecule has 0 spiro atoms. The quantitative estimate of drug-likeness (QED) is 0.588. The topological polar surface area (TPSA) is 47.3 Å². The number of rotatable bonds is 7. The minimum absolute atomic E-state index is 0.466. The van der Waals surface area contributed by atoms with Crippen LogP contribution in [0, 0.1) is 5.92 Å². The molecular weight excluding hydrogens is 271 g/mol. The molecule has 3 nitrogen and oxygen atoms in total. The summed E-state index contributed by atoms with van der Waals surface area (Å²) >= 11 is 11.8. The Kier molecular flexibility index (Phi) is 6.61. The van der Waals surface area contributed by atoms with Crippen molar-refractivity contribution in [3.8, 4) is 0 Å². The highest BCUT2D eigenvalue weighted by atomic mass is 35.5. The van der Waals surface area contributed by atoms with Crippen LogP contribution in [0.5, 0.6) is 0 Å². The lowest BCUT2D eigenvalue weighted by atomic mass is 10.1. The van der Waals surface area contributed by atoms with Crippen molar-refractivity contribution in [2.24, 2.45) is 5.92 Å². The number of hydrogen-bond acceptors (Lipinski definition) is 3. The van der Waals surface area contributed by atoms with E-state index in [0.29, 0.717) is 34.8 Å². The molecule has 0 aliphatic rings. The van der Waals surface area contributed by atoms with Crippen LogP contribution in [0.3, 0.4) is 0 Å². The molecule has 0 saturated carbocycles. The Morgan fingerprint density at radius 1 is 1.22 bits per heavy atom. The Balaban J connectivity index is 2.29. The van der Waals surface area contributed by atoms with Gasteiger partial charge in [-0.3, -0.25) is 0 Å². The second kappa shape index (κ2) is 7.72. The molecule has 1 rings (SSSR count). The Morgan fingerprint density at radius 2 is 1.89 bits per heavy atom. The maximum absolute atomic E-state index is 5.92. The average Bonchev–Trinajstić information content (AvgIpc) is 2.29. The maximum atomic E-state index is 5.92. The zero-order chi connectivity index (χ0) is 13.5.